The van der Waals surface area contributed by atoms with E-state index in [9.17, 15) is 8.78 Å². The van der Waals surface area contributed by atoms with Crippen LogP contribution < -0.4 is 0 Å². The summed E-state index contributed by atoms with van der Waals surface area (Å²) in [6.45, 7) is 2.29. The van der Waals surface area contributed by atoms with Crippen LogP contribution >= 0.6 is 0 Å². The Labute approximate surface area is 176 Å². The average molecular weight is 401 g/mol. The standard InChI is InChI=1S/C27H38F2/c1-2-5-19-8-10-21(11-9-19)22-12-14-23(15-13-22)25-17-16-24(26(28)27(25)29)18-20-6-3-4-7-20/h14,16-17,19-22H,2-13,15,18H2,1H3. The van der Waals surface area contributed by atoms with Crippen LogP contribution in [0.1, 0.15) is 102 Å². The van der Waals surface area contributed by atoms with E-state index in [0.717, 1.165) is 55.4 Å². The zero-order chi connectivity index (χ0) is 20.2. The highest BCUT2D eigenvalue weighted by Gasteiger charge is 2.29. The molecule has 2 saturated carbocycles. The van der Waals surface area contributed by atoms with Crippen LogP contribution in [-0.4, -0.2) is 0 Å². The molecule has 1 atom stereocenters. The molecule has 2 heteroatoms. The SMILES string of the molecule is CCCC1CCC(C2CC=C(c3ccc(CC4CCCC4)c(F)c3F)CC2)CC1. The maximum absolute atomic E-state index is 14.9. The van der Waals surface area contributed by atoms with Crippen molar-refractivity contribution < 1.29 is 8.78 Å². The van der Waals surface area contributed by atoms with Gasteiger partial charge < -0.3 is 0 Å². The zero-order valence-electron chi connectivity index (χ0n) is 18.2. The van der Waals surface area contributed by atoms with Gasteiger partial charge in [-0.25, -0.2) is 8.78 Å². The summed E-state index contributed by atoms with van der Waals surface area (Å²) < 4.78 is 29.6. The third-order valence-electron chi connectivity index (χ3n) is 8.20. The monoisotopic (exact) mass is 400 g/mol. The van der Waals surface area contributed by atoms with Crippen molar-refractivity contribution >= 4 is 5.57 Å². The normalized spacial score (nSPS) is 28.5. The lowest BCUT2D eigenvalue weighted by atomic mass is 9.70. The van der Waals surface area contributed by atoms with E-state index in [1.807, 2.05) is 12.1 Å². The molecule has 0 spiro atoms. The fourth-order valence-corrected chi connectivity index (χ4v) is 6.40. The minimum atomic E-state index is -0.606. The molecule has 0 saturated heterocycles. The van der Waals surface area contributed by atoms with Crippen molar-refractivity contribution in [2.24, 2.45) is 23.7 Å². The third kappa shape index (κ3) is 4.94. The van der Waals surface area contributed by atoms with Gasteiger partial charge in [-0.05, 0) is 73.3 Å². The Balaban J connectivity index is 1.37. The minimum Gasteiger partial charge on any atom is -0.203 e. The molecule has 0 N–H and O–H groups in total. The smallest absolute Gasteiger partial charge is 0.166 e. The first-order valence-corrected chi connectivity index (χ1v) is 12.3. The number of halogens is 2. The quantitative estimate of drug-likeness (QED) is 0.449. The van der Waals surface area contributed by atoms with Crippen LogP contribution in [0.15, 0.2) is 18.2 Å². The minimum absolute atomic E-state index is 0.516. The number of rotatable bonds is 6. The molecule has 0 bridgehead atoms. The van der Waals surface area contributed by atoms with E-state index in [-0.39, 0.29) is 0 Å². The predicted octanol–water partition coefficient (Wildman–Crippen LogP) is 8.49. The summed E-state index contributed by atoms with van der Waals surface area (Å²) in [6.07, 6.45) is 19.0. The van der Waals surface area contributed by atoms with Crippen molar-refractivity contribution in [3.8, 4) is 0 Å². The van der Waals surface area contributed by atoms with E-state index >= 15 is 0 Å². The Morgan fingerprint density at radius 2 is 1.59 bits per heavy atom. The van der Waals surface area contributed by atoms with Crippen LogP contribution in [-0.2, 0) is 6.42 Å². The first kappa shape index (κ1) is 21.1. The van der Waals surface area contributed by atoms with Crippen LogP contribution in [0.25, 0.3) is 5.57 Å². The fraction of sp³-hybridized carbons (Fsp3) is 0.704. The highest BCUT2D eigenvalue weighted by Crippen LogP contribution is 2.42. The molecule has 0 radical (unpaired) electrons. The van der Waals surface area contributed by atoms with Gasteiger partial charge in [-0.3, -0.25) is 0 Å². The van der Waals surface area contributed by atoms with Gasteiger partial charge in [0.1, 0.15) is 0 Å². The molecule has 3 aliphatic carbocycles. The molecule has 0 amide bonds. The van der Waals surface area contributed by atoms with Gasteiger partial charge in [0.15, 0.2) is 11.6 Å². The summed E-state index contributed by atoms with van der Waals surface area (Å²) in [5, 5.41) is 0. The molecule has 1 aromatic carbocycles. The van der Waals surface area contributed by atoms with Gasteiger partial charge in [0.25, 0.3) is 0 Å². The molecular weight excluding hydrogens is 362 g/mol. The zero-order valence-corrected chi connectivity index (χ0v) is 18.2. The van der Waals surface area contributed by atoms with Gasteiger partial charge in [0.2, 0.25) is 0 Å². The second-order valence-electron chi connectivity index (χ2n) is 10.1. The van der Waals surface area contributed by atoms with Crippen LogP contribution in [0, 0.1) is 35.3 Å². The number of benzene rings is 1. The first-order valence-electron chi connectivity index (χ1n) is 12.3. The maximum Gasteiger partial charge on any atom is 0.166 e. The summed E-state index contributed by atoms with van der Waals surface area (Å²) in [7, 11) is 0. The van der Waals surface area contributed by atoms with Crippen molar-refractivity contribution in [1.29, 1.82) is 0 Å². The number of hydrogen-bond donors (Lipinski definition) is 0. The molecular formula is C27H38F2. The number of hydrogen-bond acceptors (Lipinski definition) is 0. The summed E-state index contributed by atoms with van der Waals surface area (Å²) in [5.41, 5.74) is 2.13. The van der Waals surface area contributed by atoms with Gasteiger partial charge in [0.05, 0.1) is 0 Å². The molecule has 2 fully saturated rings. The first-order chi connectivity index (χ1) is 14.2. The lowest BCUT2D eigenvalue weighted by molar-refractivity contribution is 0.189. The molecule has 0 aliphatic heterocycles. The Bertz CT molecular complexity index is 705. The van der Waals surface area contributed by atoms with E-state index in [2.05, 4.69) is 13.0 Å². The molecule has 0 nitrogen and oxygen atoms in total. The van der Waals surface area contributed by atoms with Crippen molar-refractivity contribution in [2.45, 2.75) is 96.8 Å². The molecule has 0 heterocycles. The summed E-state index contributed by atoms with van der Waals surface area (Å²) in [6, 6.07) is 3.71. The van der Waals surface area contributed by atoms with Gasteiger partial charge in [-0.1, -0.05) is 76.5 Å². The Hall–Kier alpha value is -1.18. The van der Waals surface area contributed by atoms with Crippen molar-refractivity contribution in [1.82, 2.24) is 0 Å². The fourth-order valence-electron chi connectivity index (χ4n) is 6.40. The van der Waals surface area contributed by atoms with E-state index in [1.54, 1.807) is 0 Å². The molecule has 29 heavy (non-hydrogen) atoms. The summed E-state index contributed by atoms with van der Waals surface area (Å²) >= 11 is 0. The lowest BCUT2D eigenvalue weighted by Gasteiger charge is -2.35. The Morgan fingerprint density at radius 1 is 0.828 bits per heavy atom. The third-order valence-corrected chi connectivity index (χ3v) is 8.20. The summed E-state index contributed by atoms with van der Waals surface area (Å²) in [4.78, 5) is 0. The molecule has 1 aromatic rings. The van der Waals surface area contributed by atoms with E-state index in [1.165, 1.54) is 51.4 Å². The van der Waals surface area contributed by atoms with Crippen LogP contribution in [0.5, 0.6) is 0 Å². The largest absolute Gasteiger partial charge is 0.203 e. The second-order valence-corrected chi connectivity index (χ2v) is 10.1. The van der Waals surface area contributed by atoms with E-state index < -0.39 is 11.6 Å². The average Bonchev–Trinajstić information content (AvgIpc) is 3.26. The van der Waals surface area contributed by atoms with Crippen molar-refractivity contribution in [3.63, 3.8) is 0 Å². The topological polar surface area (TPSA) is 0 Å². The maximum atomic E-state index is 14.9. The van der Waals surface area contributed by atoms with E-state index in [4.69, 9.17) is 0 Å². The molecule has 1 unspecified atom stereocenters. The molecule has 0 aromatic heterocycles. The highest BCUT2D eigenvalue weighted by molar-refractivity contribution is 5.67. The lowest BCUT2D eigenvalue weighted by Crippen LogP contribution is -2.23. The molecule has 4 rings (SSSR count). The molecule has 3 aliphatic rings. The highest BCUT2D eigenvalue weighted by atomic mass is 19.2. The van der Waals surface area contributed by atoms with Gasteiger partial charge >= 0.3 is 0 Å². The Morgan fingerprint density at radius 3 is 2.24 bits per heavy atom. The van der Waals surface area contributed by atoms with Crippen molar-refractivity contribution in [2.75, 3.05) is 0 Å². The van der Waals surface area contributed by atoms with Crippen LogP contribution in [0.3, 0.4) is 0 Å². The second kappa shape index (κ2) is 9.75. The van der Waals surface area contributed by atoms with Crippen LogP contribution in [0.2, 0.25) is 0 Å². The van der Waals surface area contributed by atoms with E-state index in [0.29, 0.717) is 23.5 Å². The number of allylic oxidation sites excluding steroid dienone is 2. The van der Waals surface area contributed by atoms with Gasteiger partial charge in [-0.2, -0.15) is 0 Å². The Kier molecular flexibility index (Phi) is 7.08. The van der Waals surface area contributed by atoms with Crippen LogP contribution in [0.4, 0.5) is 8.78 Å². The van der Waals surface area contributed by atoms with Gasteiger partial charge in [0, 0.05) is 5.56 Å². The predicted molar refractivity (Wildman–Crippen MR) is 118 cm³/mol. The van der Waals surface area contributed by atoms with Crippen molar-refractivity contribution in [3.05, 3.63) is 41.0 Å². The summed E-state index contributed by atoms with van der Waals surface area (Å²) in [5.74, 6) is 1.88. The van der Waals surface area contributed by atoms with Gasteiger partial charge in [-0.15, -0.1) is 0 Å². The molecule has 160 valence electrons.